The first-order valence-electron chi connectivity index (χ1n) is 10.5. The molecule has 0 aliphatic carbocycles. The zero-order chi connectivity index (χ0) is 22.3. The summed E-state index contributed by atoms with van der Waals surface area (Å²) in [6, 6.07) is 15.1. The third-order valence-electron chi connectivity index (χ3n) is 5.04. The zero-order valence-electron chi connectivity index (χ0n) is 19.0. The Balaban J connectivity index is 2.20. The molecule has 1 atom stereocenters. The number of benzene rings is 2. The third-order valence-corrected chi connectivity index (χ3v) is 5.04. The Kier molecular flexibility index (Phi) is 8.04. The van der Waals surface area contributed by atoms with E-state index in [1.165, 1.54) is 0 Å². The second-order valence-electron chi connectivity index (χ2n) is 8.61. The lowest BCUT2D eigenvalue weighted by Gasteiger charge is -2.29. The minimum absolute atomic E-state index is 0.102. The molecule has 2 rings (SSSR count). The number of aryl methyl sites for hydroxylation is 1. The molecule has 30 heavy (non-hydrogen) atoms. The Morgan fingerprint density at radius 1 is 1.07 bits per heavy atom. The molecule has 0 fully saturated rings. The summed E-state index contributed by atoms with van der Waals surface area (Å²) in [5, 5.41) is 2.80. The maximum atomic E-state index is 13.1. The molecule has 0 heterocycles. The number of hydrogen-bond donors (Lipinski definition) is 1. The lowest BCUT2D eigenvalue weighted by Crippen LogP contribution is -2.49. The van der Waals surface area contributed by atoms with Gasteiger partial charge in [-0.15, -0.1) is 0 Å². The summed E-state index contributed by atoms with van der Waals surface area (Å²) in [6.07, 6.45) is 0. The molecule has 0 aliphatic rings. The average molecular weight is 411 g/mol. The van der Waals surface area contributed by atoms with Gasteiger partial charge in [0.15, 0.2) is 6.61 Å². The predicted octanol–water partition coefficient (Wildman–Crippen LogP) is 4.22. The Labute approximate surface area is 180 Å². The monoisotopic (exact) mass is 410 g/mol. The van der Waals surface area contributed by atoms with Crippen molar-refractivity contribution in [3.05, 3.63) is 65.2 Å². The van der Waals surface area contributed by atoms with E-state index < -0.39 is 6.04 Å². The van der Waals surface area contributed by atoms with E-state index in [1.54, 1.807) is 11.8 Å². The number of rotatable bonds is 8. The van der Waals surface area contributed by atoms with E-state index in [9.17, 15) is 9.59 Å². The molecule has 2 aromatic carbocycles. The van der Waals surface area contributed by atoms with Crippen LogP contribution < -0.4 is 10.1 Å². The van der Waals surface area contributed by atoms with Gasteiger partial charge in [-0.1, -0.05) is 68.8 Å². The Bertz CT molecular complexity index is 853. The molecule has 162 valence electrons. The maximum Gasteiger partial charge on any atom is 0.261 e. The van der Waals surface area contributed by atoms with Gasteiger partial charge < -0.3 is 15.0 Å². The predicted molar refractivity (Wildman–Crippen MR) is 121 cm³/mol. The second kappa shape index (κ2) is 10.3. The standard InChI is InChI=1S/C25H34N2O3/c1-7-26-24(29)19(3)27(16-20-14-12-18(2)13-15-20)23(28)17-30-22-11-9-8-10-21(22)25(4,5)6/h8-15,19H,7,16-17H2,1-6H3,(H,26,29)/t19-/m0/s1. The van der Waals surface area contributed by atoms with Crippen molar-refractivity contribution in [1.29, 1.82) is 0 Å². The van der Waals surface area contributed by atoms with Crippen LogP contribution in [-0.4, -0.2) is 35.9 Å². The van der Waals surface area contributed by atoms with Crippen LogP contribution in [0.1, 0.15) is 51.3 Å². The summed E-state index contributed by atoms with van der Waals surface area (Å²) >= 11 is 0. The third kappa shape index (κ3) is 6.34. The first kappa shape index (κ1) is 23.5. The van der Waals surface area contributed by atoms with Crippen molar-refractivity contribution >= 4 is 11.8 Å². The highest BCUT2D eigenvalue weighted by molar-refractivity contribution is 5.87. The molecule has 5 heteroatoms. The summed E-state index contributed by atoms with van der Waals surface area (Å²) in [7, 11) is 0. The van der Waals surface area contributed by atoms with Crippen LogP contribution in [0.3, 0.4) is 0 Å². The molecule has 0 aromatic heterocycles. The molecule has 2 aromatic rings. The van der Waals surface area contributed by atoms with Crippen molar-refractivity contribution in [1.82, 2.24) is 10.2 Å². The van der Waals surface area contributed by atoms with Crippen molar-refractivity contribution in [3.8, 4) is 5.75 Å². The van der Waals surface area contributed by atoms with Gasteiger partial charge in [-0.2, -0.15) is 0 Å². The Morgan fingerprint density at radius 3 is 2.30 bits per heavy atom. The first-order chi connectivity index (χ1) is 14.1. The molecule has 0 spiro atoms. The van der Waals surface area contributed by atoms with E-state index in [-0.39, 0.29) is 23.8 Å². The van der Waals surface area contributed by atoms with Crippen molar-refractivity contribution in [3.63, 3.8) is 0 Å². The number of hydrogen-bond acceptors (Lipinski definition) is 3. The number of nitrogens with zero attached hydrogens (tertiary/aromatic N) is 1. The quantitative estimate of drug-likeness (QED) is 0.709. The number of carbonyl (C=O) groups is 2. The highest BCUT2D eigenvalue weighted by Crippen LogP contribution is 2.31. The van der Waals surface area contributed by atoms with E-state index in [2.05, 4.69) is 26.1 Å². The average Bonchev–Trinajstić information content (AvgIpc) is 2.70. The fourth-order valence-electron chi connectivity index (χ4n) is 3.23. The Hall–Kier alpha value is -2.82. The number of nitrogens with one attached hydrogen (secondary N) is 1. The van der Waals surface area contributed by atoms with Gasteiger partial charge in [0.25, 0.3) is 5.91 Å². The Morgan fingerprint density at radius 2 is 1.70 bits per heavy atom. The van der Waals surface area contributed by atoms with Crippen LogP contribution in [0.5, 0.6) is 5.75 Å². The number of carbonyl (C=O) groups excluding carboxylic acids is 2. The minimum Gasteiger partial charge on any atom is -0.483 e. The molecular formula is C25H34N2O3. The second-order valence-corrected chi connectivity index (χ2v) is 8.61. The molecule has 0 unspecified atom stereocenters. The van der Waals surface area contributed by atoms with Crippen molar-refractivity contribution < 1.29 is 14.3 Å². The van der Waals surface area contributed by atoms with Crippen molar-refractivity contribution in [2.45, 2.75) is 59.5 Å². The van der Waals surface area contributed by atoms with Crippen LogP contribution in [-0.2, 0) is 21.5 Å². The summed E-state index contributed by atoms with van der Waals surface area (Å²) in [5.41, 5.74) is 3.06. The summed E-state index contributed by atoms with van der Waals surface area (Å²) in [6.45, 7) is 12.7. The maximum absolute atomic E-state index is 13.1. The van der Waals surface area contributed by atoms with E-state index in [4.69, 9.17) is 4.74 Å². The highest BCUT2D eigenvalue weighted by Gasteiger charge is 2.27. The van der Waals surface area contributed by atoms with E-state index in [1.807, 2.05) is 62.4 Å². The molecule has 0 bridgehead atoms. The summed E-state index contributed by atoms with van der Waals surface area (Å²) in [4.78, 5) is 27.1. The number of ether oxygens (including phenoxy) is 1. The van der Waals surface area contributed by atoms with Crippen LogP contribution in [0.2, 0.25) is 0 Å². The van der Waals surface area contributed by atoms with Gasteiger partial charge in [-0.05, 0) is 43.4 Å². The summed E-state index contributed by atoms with van der Waals surface area (Å²) < 4.78 is 5.93. The molecule has 1 N–H and O–H groups in total. The SMILES string of the molecule is CCNC(=O)[C@H](C)N(Cc1ccc(C)cc1)C(=O)COc1ccccc1C(C)(C)C. The lowest BCUT2D eigenvalue weighted by atomic mass is 9.86. The lowest BCUT2D eigenvalue weighted by molar-refractivity contribution is -0.142. The van der Waals surface area contributed by atoms with Gasteiger partial charge in [0.05, 0.1) is 0 Å². The largest absolute Gasteiger partial charge is 0.483 e. The van der Waals surface area contributed by atoms with Crippen molar-refractivity contribution in [2.24, 2.45) is 0 Å². The van der Waals surface area contributed by atoms with E-state index in [0.29, 0.717) is 18.8 Å². The number of likely N-dealkylation sites (N-methyl/N-ethyl adjacent to an activating group) is 1. The minimum atomic E-state index is -0.597. The molecule has 0 radical (unpaired) electrons. The van der Waals surface area contributed by atoms with Gasteiger partial charge in [-0.25, -0.2) is 0 Å². The van der Waals surface area contributed by atoms with Crippen LogP contribution in [0.25, 0.3) is 0 Å². The highest BCUT2D eigenvalue weighted by atomic mass is 16.5. The van der Waals surface area contributed by atoms with E-state index in [0.717, 1.165) is 16.7 Å². The van der Waals surface area contributed by atoms with Crippen LogP contribution in [0.4, 0.5) is 0 Å². The number of para-hydroxylation sites is 1. The van der Waals surface area contributed by atoms with Crippen LogP contribution >= 0.6 is 0 Å². The van der Waals surface area contributed by atoms with Crippen LogP contribution in [0, 0.1) is 6.92 Å². The molecule has 5 nitrogen and oxygen atoms in total. The topological polar surface area (TPSA) is 58.6 Å². The van der Waals surface area contributed by atoms with E-state index >= 15 is 0 Å². The first-order valence-corrected chi connectivity index (χ1v) is 10.5. The molecule has 2 amide bonds. The molecule has 0 aliphatic heterocycles. The summed E-state index contributed by atoms with van der Waals surface area (Å²) in [5.74, 6) is 0.297. The van der Waals surface area contributed by atoms with Crippen molar-refractivity contribution in [2.75, 3.05) is 13.2 Å². The van der Waals surface area contributed by atoms with Gasteiger partial charge in [-0.3, -0.25) is 9.59 Å². The zero-order valence-corrected chi connectivity index (χ0v) is 19.0. The molecular weight excluding hydrogens is 376 g/mol. The molecule has 0 saturated carbocycles. The van der Waals surface area contributed by atoms with Gasteiger partial charge in [0.1, 0.15) is 11.8 Å². The molecule has 0 saturated heterocycles. The van der Waals surface area contributed by atoms with Gasteiger partial charge in [0.2, 0.25) is 5.91 Å². The number of amides is 2. The smallest absolute Gasteiger partial charge is 0.261 e. The van der Waals surface area contributed by atoms with Gasteiger partial charge >= 0.3 is 0 Å². The normalized spacial score (nSPS) is 12.2. The fraction of sp³-hybridized carbons (Fsp3) is 0.440. The van der Waals surface area contributed by atoms with Crippen LogP contribution in [0.15, 0.2) is 48.5 Å². The fourth-order valence-corrected chi connectivity index (χ4v) is 3.23. The van der Waals surface area contributed by atoms with Gasteiger partial charge in [0, 0.05) is 13.1 Å².